The summed E-state index contributed by atoms with van der Waals surface area (Å²) in [5.41, 5.74) is -0.0425. The van der Waals surface area contributed by atoms with Gasteiger partial charge in [0.1, 0.15) is 18.8 Å². The molecular formula is C27H25BrN2O7. The molecule has 10 heteroatoms. The topological polar surface area (TPSA) is 106 Å². The number of hydrogen-bond donors (Lipinski definition) is 0. The second kappa shape index (κ2) is 11.5. The van der Waals surface area contributed by atoms with E-state index in [0.29, 0.717) is 16.7 Å². The van der Waals surface area contributed by atoms with Gasteiger partial charge in [-0.25, -0.2) is 14.4 Å². The zero-order valence-corrected chi connectivity index (χ0v) is 21.6. The summed E-state index contributed by atoms with van der Waals surface area (Å²) in [6, 6.07) is 16.9. The summed E-state index contributed by atoms with van der Waals surface area (Å²) in [5.74, 6) is -1.17. The highest BCUT2D eigenvalue weighted by Gasteiger charge is 2.48. The van der Waals surface area contributed by atoms with Gasteiger partial charge in [-0.2, -0.15) is 0 Å². The maximum atomic E-state index is 13.2. The fourth-order valence-electron chi connectivity index (χ4n) is 4.00. The number of carbonyl (C=O) groups is 2. The maximum absolute atomic E-state index is 13.2. The van der Waals surface area contributed by atoms with E-state index in [1.165, 1.54) is 16.8 Å². The summed E-state index contributed by atoms with van der Waals surface area (Å²) in [4.78, 5) is 50.4. The molecule has 3 aromatic rings. The Labute approximate surface area is 221 Å². The van der Waals surface area contributed by atoms with Gasteiger partial charge in [0.15, 0.2) is 6.23 Å². The third-order valence-corrected chi connectivity index (χ3v) is 6.83. The van der Waals surface area contributed by atoms with E-state index in [0.717, 1.165) is 4.57 Å². The number of alkyl halides is 1. The molecule has 2 heterocycles. The molecule has 4 atom stereocenters. The molecule has 1 fully saturated rings. The van der Waals surface area contributed by atoms with Crippen LogP contribution in [-0.2, 0) is 20.8 Å². The number of carbonyl (C=O) groups excluding carboxylic acids is 2. The normalized spacial score (nSPS) is 20.8. The minimum Gasteiger partial charge on any atom is -0.459 e. The molecule has 1 aromatic heterocycles. The van der Waals surface area contributed by atoms with Crippen LogP contribution in [-0.4, -0.2) is 44.7 Å². The first-order chi connectivity index (χ1) is 17.8. The Bertz CT molecular complexity index is 1400. The lowest BCUT2D eigenvalue weighted by atomic mass is 10.1. The van der Waals surface area contributed by atoms with Crippen LogP contribution in [0.4, 0.5) is 0 Å². The Hall–Kier alpha value is -3.76. The standard InChI is InChI=1S/C27H25BrN2O7/c1-3-14-29-23(31)17(2)15-30(27(29)34)24-21(28)22(37-26(33)19-12-8-5-9-13-19)20(36-24)16-35-25(32)18-10-6-4-7-11-18/h3-13,15,20-22,24H,1,14,16H2,2H3/t20-,21-,22+,24-/m1/s1. The Kier molecular flexibility index (Phi) is 8.20. The highest BCUT2D eigenvalue weighted by molar-refractivity contribution is 9.09. The number of nitrogens with zero attached hydrogens (tertiary/aromatic N) is 2. The molecule has 0 spiro atoms. The van der Waals surface area contributed by atoms with Crippen LogP contribution in [0.3, 0.4) is 0 Å². The second-order valence-corrected chi connectivity index (χ2v) is 9.47. The van der Waals surface area contributed by atoms with Crippen LogP contribution < -0.4 is 11.2 Å². The lowest BCUT2D eigenvalue weighted by molar-refractivity contribution is -0.0584. The first-order valence-electron chi connectivity index (χ1n) is 11.5. The Morgan fingerprint density at radius 3 is 2.22 bits per heavy atom. The van der Waals surface area contributed by atoms with Gasteiger partial charge in [-0.05, 0) is 31.2 Å². The van der Waals surface area contributed by atoms with Gasteiger partial charge in [0, 0.05) is 18.3 Å². The molecule has 1 saturated heterocycles. The molecule has 0 aliphatic carbocycles. The van der Waals surface area contributed by atoms with Crippen LogP contribution in [0.2, 0.25) is 0 Å². The van der Waals surface area contributed by atoms with E-state index >= 15 is 0 Å². The third-order valence-electron chi connectivity index (χ3n) is 5.86. The highest BCUT2D eigenvalue weighted by atomic mass is 79.9. The molecule has 37 heavy (non-hydrogen) atoms. The summed E-state index contributed by atoms with van der Waals surface area (Å²) in [5, 5.41) is 0. The molecule has 0 amide bonds. The number of allylic oxidation sites excluding steroid dienone is 1. The number of halogens is 1. The summed E-state index contributed by atoms with van der Waals surface area (Å²) in [6.45, 7) is 4.97. The number of hydrogen-bond acceptors (Lipinski definition) is 7. The number of benzene rings is 2. The molecule has 0 bridgehead atoms. The number of rotatable bonds is 8. The van der Waals surface area contributed by atoms with Crippen molar-refractivity contribution in [3.8, 4) is 0 Å². The number of ether oxygens (including phenoxy) is 3. The van der Waals surface area contributed by atoms with Gasteiger partial charge in [0.05, 0.1) is 16.0 Å². The molecule has 192 valence electrons. The molecule has 1 aliphatic heterocycles. The molecule has 2 aromatic carbocycles. The Morgan fingerprint density at radius 1 is 1.03 bits per heavy atom. The van der Waals surface area contributed by atoms with Crippen molar-refractivity contribution in [1.82, 2.24) is 9.13 Å². The molecule has 0 N–H and O–H groups in total. The highest BCUT2D eigenvalue weighted by Crippen LogP contribution is 2.36. The SMILES string of the molecule is C=CCn1c(=O)c(C)cn([C@@H]2O[C@H](COC(=O)c3ccccc3)[C@H](OC(=O)c3ccccc3)[C@H]2Br)c1=O. The van der Waals surface area contributed by atoms with E-state index < -0.39 is 46.5 Å². The second-order valence-electron chi connectivity index (χ2n) is 8.42. The molecular weight excluding hydrogens is 544 g/mol. The van der Waals surface area contributed by atoms with Crippen molar-refractivity contribution in [3.63, 3.8) is 0 Å². The van der Waals surface area contributed by atoms with Gasteiger partial charge in [-0.15, -0.1) is 6.58 Å². The number of esters is 2. The zero-order valence-electron chi connectivity index (χ0n) is 20.0. The average molecular weight is 569 g/mol. The lowest BCUT2D eigenvalue weighted by Gasteiger charge is -2.21. The number of aromatic nitrogens is 2. The fraction of sp³-hybridized carbons (Fsp3) is 0.259. The van der Waals surface area contributed by atoms with Gasteiger partial charge < -0.3 is 14.2 Å². The van der Waals surface area contributed by atoms with Crippen molar-refractivity contribution in [2.24, 2.45) is 0 Å². The van der Waals surface area contributed by atoms with Crippen molar-refractivity contribution in [1.29, 1.82) is 0 Å². The van der Waals surface area contributed by atoms with E-state index in [-0.39, 0.29) is 13.2 Å². The average Bonchev–Trinajstić information content (AvgIpc) is 3.22. The van der Waals surface area contributed by atoms with Gasteiger partial charge in [0.25, 0.3) is 5.56 Å². The minimum atomic E-state index is -0.961. The summed E-state index contributed by atoms with van der Waals surface area (Å²) in [7, 11) is 0. The molecule has 0 saturated carbocycles. The largest absolute Gasteiger partial charge is 0.459 e. The van der Waals surface area contributed by atoms with Gasteiger partial charge in [0.2, 0.25) is 0 Å². The summed E-state index contributed by atoms with van der Waals surface area (Å²) < 4.78 is 19.7. The van der Waals surface area contributed by atoms with Crippen LogP contribution in [0.25, 0.3) is 0 Å². The number of aryl methyl sites for hydroxylation is 1. The zero-order chi connectivity index (χ0) is 26.5. The van der Waals surface area contributed by atoms with Crippen molar-refractivity contribution < 1.29 is 23.8 Å². The van der Waals surface area contributed by atoms with Crippen molar-refractivity contribution >= 4 is 27.9 Å². The van der Waals surface area contributed by atoms with Gasteiger partial charge in [-0.1, -0.05) is 58.4 Å². The lowest BCUT2D eigenvalue weighted by Crippen LogP contribution is -2.43. The first-order valence-corrected chi connectivity index (χ1v) is 12.4. The van der Waals surface area contributed by atoms with Crippen LogP contribution in [0.5, 0.6) is 0 Å². The predicted molar refractivity (Wildman–Crippen MR) is 139 cm³/mol. The molecule has 4 rings (SSSR count). The summed E-state index contributed by atoms with van der Waals surface area (Å²) in [6.07, 6.45) is 0.0635. The minimum absolute atomic E-state index is 0.0174. The van der Waals surface area contributed by atoms with E-state index in [2.05, 4.69) is 22.5 Å². The van der Waals surface area contributed by atoms with E-state index in [4.69, 9.17) is 14.2 Å². The van der Waals surface area contributed by atoms with Crippen molar-refractivity contribution in [2.45, 2.75) is 36.7 Å². The van der Waals surface area contributed by atoms with Crippen LogP contribution in [0.15, 0.2) is 89.1 Å². The Balaban J connectivity index is 1.64. The smallest absolute Gasteiger partial charge is 0.338 e. The van der Waals surface area contributed by atoms with Crippen LogP contribution in [0, 0.1) is 6.92 Å². The van der Waals surface area contributed by atoms with Crippen molar-refractivity contribution in [3.05, 3.63) is 117 Å². The van der Waals surface area contributed by atoms with Crippen LogP contribution >= 0.6 is 15.9 Å². The fourth-order valence-corrected chi connectivity index (χ4v) is 4.83. The maximum Gasteiger partial charge on any atom is 0.338 e. The monoisotopic (exact) mass is 568 g/mol. The molecule has 0 radical (unpaired) electrons. The van der Waals surface area contributed by atoms with E-state index in [1.54, 1.807) is 67.6 Å². The molecule has 9 nitrogen and oxygen atoms in total. The summed E-state index contributed by atoms with van der Waals surface area (Å²) >= 11 is 3.53. The van der Waals surface area contributed by atoms with E-state index in [1.807, 2.05) is 0 Å². The van der Waals surface area contributed by atoms with Gasteiger partial charge >= 0.3 is 17.6 Å². The Morgan fingerprint density at radius 2 is 1.62 bits per heavy atom. The molecule has 0 unspecified atom stereocenters. The van der Waals surface area contributed by atoms with Crippen molar-refractivity contribution in [2.75, 3.05) is 6.61 Å². The quantitative estimate of drug-likeness (QED) is 0.233. The molecule has 1 aliphatic rings. The van der Waals surface area contributed by atoms with E-state index in [9.17, 15) is 19.2 Å². The van der Waals surface area contributed by atoms with Gasteiger partial charge in [-0.3, -0.25) is 13.9 Å². The first kappa shape index (κ1) is 26.3. The van der Waals surface area contributed by atoms with Crippen LogP contribution in [0.1, 0.15) is 32.5 Å². The predicted octanol–water partition coefficient (Wildman–Crippen LogP) is 3.25. The third kappa shape index (κ3) is 5.65.